The van der Waals surface area contributed by atoms with Crippen LogP contribution in [0.4, 0.5) is 0 Å². The van der Waals surface area contributed by atoms with Crippen LogP contribution in [0.1, 0.15) is 11.3 Å². The minimum Gasteiger partial charge on any atom is -0.347 e. The van der Waals surface area contributed by atoms with Crippen LogP contribution >= 0.6 is 0 Å². The van der Waals surface area contributed by atoms with Crippen molar-refractivity contribution in [3.05, 3.63) is 96.7 Å². The lowest BCUT2D eigenvalue weighted by Gasteiger charge is -2.07. The number of hydrogen-bond donors (Lipinski definition) is 0. The van der Waals surface area contributed by atoms with E-state index in [9.17, 15) is 0 Å². The van der Waals surface area contributed by atoms with Crippen LogP contribution in [0, 0.1) is 6.92 Å². The zero-order chi connectivity index (χ0) is 19.3. The van der Waals surface area contributed by atoms with Gasteiger partial charge in [-0.3, -0.25) is 0 Å². The SMILES string of the molecule is C=C/C=C\c1c(C)n(C)c2ccc3c(c4ccccc4n3-c3ccccc3)c12. The Bertz CT molecular complexity index is 1380. The van der Waals surface area contributed by atoms with Crippen molar-refractivity contribution in [2.24, 2.45) is 7.05 Å². The number of allylic oxidation sites excluding steroid dienone is 2. The van der Waals surface area contributed by atoms with E-state index in [4.69, 9.17) is 0 Å². The highest BCUT2D eigenvalue weighted by Crippen LogP contribution is 2.40. The lowest BCUT2D eigenvalue weighted by Crippen LogP contribution is -1.93. The van der Waals surface area contributed by atoms with Crippen LogP contribution in [-0.4, -0.2) is 9.13 Å². The molecule has 0 saturated carbocycles. The second-order valence-electron chi connectivity index (χ2n) is 7.19. The molecule has 0 aliphatic heterocycles. The van der Waals surface area contributed by atoms with Crippen LogP contribution in [0.3, 0.4) is 0 Å². The average molecular weight is 362 g/mol. The van der Waals surface area contributed by atoms with Crippen molar-refractivity contribution < 1.29 is 0 Å². The molecular weight excluding hydrogens is 340 g/mol. The molecule has 2 heterocycles. The van der Waals surface area contributed by atoms with Gasteiger partial charge in [-0.2, -0.15) is 0 Å². The quantitative estimate of drug-likeness (QED) is 0.313. The Labute approximate surface area is 164 Å². The number of aryl methyl sites for hydroxylation is 1. The largest absolute Gasteiger partial charge is 0.347 e. The predicted molar refractivity (Wildman–Crippen MR) is 121 cm³/mol. The van der Waals surface area contributed by atoms with Crippen LogP contribution in [-0.2, 0) is 7.05 Å². The van der Waals surface area contributed by atoms with Gasteiger partial charge < -0.3 is 9.13 Å². The van der Waals surface area contributed by atoms with E-state index in [1.54, 1.807) is 0 Å². The fraction of sp³-hybridized carbons (Fsp3) is 0.0769. The molecule has 0 aliphatic carbocycles. The van der Waals surface area contributed by atoms with E-state index in [1.165, 1.54) is 49.7 Å². The molecule has 0 unspecified atom stereocenters. The summed E-state index contributed by atoms with van der Waals surface area (Å²) in [5, 5.41) is 3.90. The van der Waals surface area contributed by atoms with Crippen LogP contribution < -0.4 is 0 Å². The summed E-state index contributed by atoms with van der Waals surface area (Å²) in [5.74, 6) is 0. The minimum absolute atomic E-state index is 1.18. The van der Waals surface area contributed by atoms with Crippen LogP contribution in [0.2, 0.25) is 0 Å². The molecule has 5 rings (SSSR count). The Morgan fingerprint density at radius 2 is 1.50 bits per heavy atom. The molecule has 0 spiro atoms. The first kappa shape index (κ1) is 16.6. The van der Waals surface area contributed by atoms with Crippen LogP contribution in [0.5, 0.6) is 0 Å². The lowest BCUT2D eigenvalue weighted by atomic mass is 10.0. The second kappa shape index (κ2) is 6.28. The standard InChI is InChI=1S/C26H22N2/c1-4-5-13-20-18(2)27(3)23-16-17-24-26(25(20)23)21-14-9-10-15-22(21)28(24)19-11-7-6-8-12-19/h4-17H,1H2,2-3H3/b13-5-. The van der Waals surface area contributed by atoms with Gasteiger partial charge in [0, 0.05) is 45.7 Å². The zero-order valence-electron chi connectivity index (χ0n) is 16.2. The summed E-state index contributed by atoms with van der Waals surface area (Å²) >= 11 is 0. The van der Waals surface area contributed by atoms with E-state index in [0.29, 0.717) is 0 Å². The van der Waals surface area contributed by atoms with Gasteiger partial charge in [0.05, 0.1) is 11.0 Å². The number of benzene rings is 3. The summed E-state index contributed by atoms with van der Waals surface area (Å²) in [5.41, 5.74) is 7.43. The normalized spacial score (nSPS) is 11.9. The maximum atomic E-state index is 3.85. The first-order valence-electron chi connectivity index (χ1n) is 9.58. The third-order valence-corrected chi connectivity index (χ3v) is 5.75. The molecule has 0 saturated heterocycles. The molecule has 0 atom stereocenters. The Balaban J connectivity index is 2.05. The molecule has 5 aromatic rings. The Hall–Kier alpha value is -3.52. The highest BCUT2D eigenvalue weighted by Gasteiger charge is 2.19. The first-order valence-corrected chi connectivity index (χ1v) is 9.58. The van der Waals surface area contributed by atoms with E-state index >= 15 is 0 Å². The Morgan fingerprint density at radius 3 is 2.29 bits per heavy atom. The molecule has 2 heteroatoms. The fourth-order valence-corrected chi connectivity index (χ4v) is 4.37. The molecule has 28 heavy (non-hydrogen) atoms. The van der Waals surface area contributed by atoms with Gasteiger partial charge in [0.2, 0.25) is 0 Å². The third-order valence-electron chi connectivity index (χ3n) is 5.75. The number of fused-ring (bicyclic) bond motifs is 5. The molecule has 0 fully saturated rings. The summed E-state index contributed by atoms with van der Waals surface area (Å²) in [6.07, 6.45) is 6.04. The summed E-state index contributed by atoms with van der Waals surface area (Å²) in [6.45, 7) is 6.04. The molecule has 0 bridgehead atoms. The number of nitrogens with zero attached hydrogens (tertiary/aromatic N) is 2. The highest BCUT2D eigenvalue weighted by atomic mass is 15.0. The molecule has 2 aromatic heterocycles. The third kappa shape index (κ3) is 2.21. The second-order valence-corrected chi connectivity index (χ2v) is 7.19. The van der Waals surface area contributed by atoms with E-state index in [1.807, 2.05) is 12.2 Å². The Kier molecular flexibility index (Phi) is 3.73. The van der Waals surface area contributed by atoms with Crippen LogP contribution in [0.25, 0.3) is 44.5 Å². The summed E-state index contributed by atoms with van der Waals surface area (Å²) in [6, 6.07) is 23.8. The molecule has 0 aliphatic rings. The van der Waals surface area contributed by atoms with Gasteiger partial charge in [0.1, 0.15) is 0 Å². The van der Waals surface area contributed by atoms with Crippen molar-refractivity contribution in [2.75, 3.05) is 0 Å². The zero-order valence-corrected chi connectivity index (χ0v) is 16.2. The first-order chi connectivity index (χ1) is 13.7. The van der Waals surface area contributed by atoms with Crippen molar-refractivity contribution >= 4 is 38.8 Å². The molecular formula is C26H22N2. The summed E-state index contributed by atoms with van der Waals surface area (Å²) in [4.78, 5) is 0. The van der Waals surface area contributed by atoms with Crippen molar-refractivity contribution in [3.63, 3.8) is 0 Å². The van der Waals surface area contributed by atoms with Gasteiger partial charge in [0.25, 0.3) is 0 Å². The Morgan fingerprint density at radius 1 is 0.786 bits per heavy atom. The van der Waals surface area contributed by atoms with Crippen molar-refractivity contribution in [3.8, 4) is 5.69 Å². The number of rotatable bonds is 3. The summed E-state index contributed by atoms with van der Waals surface area (Å²) in [7, 11) is 2.14. The molecule has 136 valence electrons. The van der Waals surface area contributed by atoms with Gasteiger partial charge >= 0.3 is 0 Å². The van der Waals surface area contributed by atoms with E-state index in [-0.39, 0.29) is 0 Å². The van der Waals surface area contributed by atoms with Crippen molar-refractivity contribution in [2.45, 2.75) is 6.92 Å². The van der Waals surface area contributed by atoms with E-state index in [0.717, 1.165) is 0 Å². The smallest absolute Gasteiger partial charge is 0.0548 e. The lowest BCUT2D eigenvalue weighted by molar-refractivity contribution is 0.916. The molecule has 0 N–H and O–H groups in total. The minimum atomic E-state index is 1.18. The van der Waals surface area contributed by atoms with Gasteiger partial charge in [-0.15, -0.1) is 0 Å². The van der Waals surface area contributed by atoms with E-state index < -0.39 is 0 Å². The fourth-order valence-electron chi connectivity index (χ4n) is 4.37. The molecule has 2 nitrogen and oxygen atoms in total. The highest BCUT2D eigenvalue weighted by molar-refractivity contribution is 6.23. The number of hydrogen-bond acceptors (Lipinski definition) is 0. The molecule has 0 radical (unpaired) electrons. The van der Waals surface area contributed by atoms with Gasteiger partial charge in [-0.1, -0.05) is 61.2 Å². The molecule has 0 amide bonds. The number of para-hydroxylation sites is 2. The maximum absolute atomic E-state index is 3.85. The predicted octanol–water partition coefficient (Wildman–Crippen LogP) is 6.78. The summed E-state index contributed by atoms with van der Waals surface area (Å²) < 4.78 is 4.65. The number of aromatic nitrogens is 2. The van der Waals surface area contributed by atoms with E-state index in [2.05, 4.69) is 102 Å². The average Bonchev–Trinajstić information content (AvgIpc) is 3.19. The van der Waals surface area contributed by atoms with Crippen molar-refractivity contribution in [1.29, 1.82) is 0 Å². The maximum Gasteiger partial charge on any atom is 0.0548 e. The van der Waals surface area contributed by atoms with Gasteiger partial charge in [0.15, 0.2) is 0 Å². The van der Waals surface area contributed by atoms with Crippen LogP contribution in [0.15, 0.2) is 85.5 Å². The van der Waals surface area contributed by atoms with Crippen molar-refractivity contribution in [1.82, 2.24) is 9.13 Å². The molecule has 3 aromatic carbocycles. The monoisotopic (exact) mass is 362 g/mol. The van der Waals surface area contributed by atoms with Gasteiger partial charge in [-0.05, 0) is 37.3 Å². The van der Waals surface area contributed by atoms with Gasteiger partial charge in [-0.25, -0.2) is 0 Å². The topological polar surface area (TPSA) is 9.86 Å².